The summed E-state index contributed by atoms with van der Waals surface area (Å²) in [5.74, 6) is 2.43. The van der Waals surface area contributed by atoms with Gasteiger partial charge in [-0.1, -0.05) is 11.6 Å². The van der Waals surface area contributed by atoms with Crippen molar-refractivity contribution in [2.45, 2.75) is 51.2 Å². The molecule has 1 aliphatic rings. The fourth-order valence-electron chi connectivity index (χ4n) is 5.01. The molecule has 0 bridgehead atoms. The maximum atomic E-state index is 11.4. The number of carbonyl (C=O) groups excluding carboxylic acids is 1. The monoisotopic (exact) mass is 581 g/mol. The Hall–Kier alpha value is -2.53. The topological polar surface area (TPSA) is 120 Å². The van der Waals surface area contributed by atoms with E-state index in [0.29, 0.717) is 46.8 Å². The van der Waals surface area contributed by atoms with Crippen LogP contribution in [0, 0.1) is 5.92 Å². The maximum Gasteiger partial charge on any atom is 0.208 e. The van der Waals surface area contributed by atoms with Crippen molar-refractivity contribution in [2.75, 3.05) is 45.8 Å². The lowest BCUT2D eigenvalue weighted by molar-refractivity contribution is -0.108. The van der Waals surface area contributed by atoms with E-state index in [-0.39, 0.29) is 12.6 Å². The van der Waals surface area contributed by atoms with Crippen LogP contribution in [0.15, 0.2) is 30.3 Å². The van der Waals surface area contributed by atoms with Crippen LogP contribution in [-0.4, -0.2) is 59.7 Å². The van der Waals surface area contributed by atoms with E-state index >= 15 is 0 Å². The zero-order valence-corrected chi connectivity index (χ0v) is 24.5. The summed E-state index contributed by atoms with van der Waals surface area (Å²) < 4.78 is 42.5. The summed E-state index contributed by atoms with van der Waals surface area (Å²) in [6.07, 6.45) is 6.83. The van der Waals surface area contributed by atoms with Gasteiger partial charge in [-0.3, -0.25) is 4.90 Å². The van der Waals surface area contributed by atoms with E-state index in [4.69, 9.17) is 31.5 Å². The summed E-state index contributed by atoms with van der Waals surface area (Å²) in [6, 6.07) is 9.24. The van der Waals surface area contributed by atoms with Gasteiger partial charge in [-0.25, -0.2) is 13.1 Å². The highest BCUT2D eigenvalue weighted by molar-refractivity contribution is 7.88. The first kappa shape index (κ1) is 31.0. The van der Waals surface area contributed by atoms with Gasteiger partial charge >= 0.3 is 0 Å². The average Bonchev–Trinajstić information content (AvgIpc) is 2.91. The number of aldehydes is 1. The number of ether oxygens (including phenoxy) is 3. The molecule has 1 aliphatic heterocycles. The number of nitrogen functional groups attached to an aromatic ring is 1. The SMILES string of the molecule is COc1cc(COc2cc(N)c(Cl)cc2C(CCCC=O)N2CCC(CCNS(C)(=O)=O)CC2)cc(OC)c1. The normalized spacial score (nSPS) is 15.6. The number of methoxy groups -OCH3 is 2. The van der Waals surface area contributed by atoms with Gasteiger partial charge in [0.25, 0.3) is 0 Å². The molecule has 0 spiro atoms. The minimum atomic E-state index is -3.18. The molecule has 0 aromatic heterocycles. The Labute approximate surface area is 237 Å². The Morgan fingerprint density at radius 1 is 1.13 bits per heavy atom. The van der Waals surface area contributed by atoms with Gasteiger partial charge in [-0.2, -0.15) is 0 Å². The van der Waals surface area contributed by atoms with E-state index in [2.05, 4.69) is 9.62 Å². The number of halogens is 1. The molecule has 0 saturated carbocycles. The number of nitrogens with one attached hydrogen (secondary N) is 1. The van der Waals surface area contributed by atoms with Crippen LogP contribution in [0.25, 0.3) is 0 Å². The van der Waals surface area contributed by atoms with Crippen LogP contribution >= 0.6 is 11.6 Å². The largest absolute Gasteiger partial charge is 0.497 e. The second-order valence-corrected chi connectivity index (χ2v) is 12.2. The van der Waals surface area contributed by atoms with Crippen molar-refractivity contribution in [1.29, 1.82) is 0 Å². The van der Waals surface area contributed by atoms with E-state index in [1.165, 1.54) is 6.26 Å². The van der Waals surface area contributed by atoms with Crippen LogP contribution in [-0.2, 0) is 21.4 Å². The van der Waals surface area contributed by atoms with Gasteiger partial charge in [-0.05, 0) is 74.9 Å². The fourth-order valence-corrected chi connectivity index (χ4v) is 5.67. The predicted molar refractivity (Wildman–Crippen MR) is 154 cm³/mol. The minimum absolute atomic E-state index is 0.00649. The summed E-state index contributed by atoms with van der Waals surface area (Å²) >= 11 is 6.50. The molecule has 1 atom stereocenters. The molecule has 0 radical (unpaired) electrons. The number of anilines is 1. The zero-order valence-electron chi connectivity index (χ0n) is 23.0. The molecule has 1 saturated heterocycles. The summed E-state index contributed by atoms with van der Waals surface area (Å²) in [7, 11) is 0.0243. The van der Waals surface area contributed by atoms with Crippen molar-refractivity contribution in [3.05, 3.63) is 46.5 Å². The molecule has 1 unspecified atom stereocenters. The number of likely N-dealkylation sites (tertiary alicyclic amines) is 1. The number of nitrogens with two attached hydrogens (primary N) is 1. The van der Waals surface area contributed by atoms with Gasteiger partial charge in [0.05, 0.1) is 31.2 Å². The third-order valence-electron chi connectivity index (χ3n) is 7.10. The minimum Gasteiger partial charge on any atom is -0.497 e. The number of carbonyl (C=O) groups is 1. The highest BCUT2D eigenvalue weighted by Gasteiger charge is 2.28. The van der Waals surface area contributed by atoms with Crippen molar-refractivity contribution in [1.82, 2.24) is 9.62 Å². The second kappa shape index (κ2) is 14.7. The molecule has 11 heteroatoms. The van der Waals surface area contributed by atoms with E-state index < -0.39 is 10.0 Å². The summed E-state index contributed by atoms with van der Waals surface area (Å²) in [5.41, 5.74) is 8.44. The van der Waals surface area contributed by atoms with Crippen LogP contribution in [0.2, 0.25) is 5.02 Å². The van der Waals surface area contributed by atoms with E-state index in [1.807, 2.05) is 18.2 Å². The molecular weight excluding hydrogens is 542 g/mol. The first-order valence-electron chi connectivity index (χ1n) is 13.2. The molecule has 1 heterocycles. The lowest BCUT2D eigenvalue weighted by Crippen LogP contribution is -2.38. The van der Waals surface area contributed by atoms with Crippen LogP contribution in [0.3, 0.4) is 0 Å². The number of benzene rings is 2. The smallest absolute Gasteiger partial charge is 0.208 e. The Bertz CT molecular complexity index is 1180. The molecule has 9 nitrogen and oxygen atoms in total. The number of hydrogen-bond acceptors (Lipinski definition) is 8. The number of piperidine rings is 1. The van der Waals surface area contributed by atoms with E-state index in [0.717, 1.165) is 62.6 Å². The summed E-state index contributed by atoms with van der Waals surface area (Å²) in [6.45, 7) is 2.43. The molecule has 0 amide bonds. The fraction of sp³-hybridized carbons (Fsp3) is 0.536. The highest BCUT2D eigenvalue weighted by Crippen LogP contribution is 2.40. The molecule has 3 N–H and O–H groups in total. The summed E-state index contributed by atoms with van der Waals surface area (Å²) in [5, 5.41) is 0.461. The Balaban J connectivity index is 1.80. The number of hydrogen-bond donors (Lipinski definition) is 2. The van der Waals surface area contributed by atoms with Crippen molar-refractivity contribution in [3.8, 4) is 17.2 Å². The molecule has 39 heavy (non-hydrogen) atoms. The van der Waals surface area contributed by atoms with Crippen LogP contribution < -0.4 is 24.7 Å². The molecule has 2 aromatic carbocycles. The van der Waals surface area contributed by atoms with Crippen molar-refractivity contribution in [2.24, 2.45) is 5.92 Å². The molecular formula is C28H40ClN3O6S. The molecule has 2 aromatic rings. The second-order valence-electron chi connectivity index (χ2n) is 9.97. The molecule has 216 valence electrons. The number of unbranched alkanes of at least 4 members (excludes halogenated alkanes) is 1. The van der Waals surface area contributed by atoms with Gasteiger partial charge < -0.3 is 24.7 Å². The van der Waals surface area contributed by atoms with Crippen molar-refractivity contribution >= 4 is 33.6 Å². The first-order chi connectivity index (χ1) is 18.6. The maximum absolute atomic E-state index is 11.4. The van der Waals surface area contributed by atoms with Gasteiger partial charge in [0.1, 0.15) is 30.1 Å². The molecule has 0 aliphatic carbocycles. The van der Waals surface area contributed by atoms with Crippen LogP contribution in [0.5, 0.6) is 17.2 Å². The Kier molecular flexibility index (Phi) is 11.7. The van der Waals surface area contributed by atoms with Crippen LogP contribution in [0.4, 0.5) is 5.69 Å². The van der Waals surface area contributed by atoms with Gasteiger partial charge in [0, 0.05) is 36.7 Å². The van der Waals surface area contributed by atoms with Crippen molar-refractivity contribution in [3.63, 3.8) is 0 Å². The lowest BCUT2D eigenvalue weighted by atomic mass is 9.90. The zero-order chi connectivity index (χ0) is 28.4. The highest BCUT2D eigenvalue weighted by atomic mass is 35.5. The standard InChI is InChI=1S/C28H40ClN3O6S/c1-36-22-14-21(15-23(16-22)37-2)19-38-28-18-26(30)25(29)17-24(28)27(6-4-5-13-33)32-11-8-20(9-12-32)7-10-31-39(3,34)35/h13-18,20,27,31H,4-12,19,30H2,1-3H3. The van der Waals surface area contributed by atoms with Crippen LogP contribution in [0.1, 0.15) is 55.7 Å². The number of nitrogens with zero attached hydrogens (tertiary/aromatic N) is 1. The van der Waals surface area contributed by atoms with Gasteiger partial charge in [0.15, 0.2) is 0 Å². The molecule has 3 rings (SSSR count). The Morgan fingerprint density at radius 2 is 1.79 bits per heavy atom. The first-order valence-corrected chi connectivity index (χ1v) is 15.5. The molecule has 1 fully saturated rings. The Morgan fingerprint density at radius 3 is 2.38 bits per heavy atom. The lowest BCUT2D eigenvalue weighted by Gasteiger charge is -2.38. The van der Waals surface area contributed by atoms with Crippen molar-refractivity contribution < 1.29 is 27.4 Å². The third kappa shape index (κ3) is 9.56. The average molecular weight is 582 g/mol. The van der Waals surface area contributed by atoms with Gasteiger partial charge in [-0.15, -0.1) is 0 Å². The third-order valence-corrected chi connectivity index (χ3v) is 8.16. The van der Waals surface area contributed by atoms with Gasteiger partial charge in [0.2, 0.25) is 10.0 Å². The number of rotatable bonds is 15. The summed E-state index contributed by atoms with van der Waals surface area (Å²) in [4.78, 5) is 13.5. The quantitative estimate of drug-likeness (QED) is 0.178. The van der Waals surface area contributed by atoms with E-state index in [9.17, 15) is 13.2 Å². The number of sulfonamides is 1. The predicted octanol–water partition coefficient (Wildman–Crippen LogP) is 4.58. The van der Waals surface area contributed by atoms with E-state index in [1.54, 1.807) is 26.4 Å².